The molecule has 0 bridgehead atoms. The normalized spacial score (nSPS) is 18.1. The van der Waals surface area contributed by atoms with E-state index >= 15 is 0 Å². The van der Waals surface area contributed by atoms with Crippen molar-refractivity contribution in [1.29, 1.82) is 0 Å². The number of rotatable bonds is 3. The van der Waals surface area contributed by atoms with Gasteiger partial charge in [-0.15, -0.1) is 0 Å². The lowest BCUT2D eigenvalue weighted by Gasteiger charge is -2.32. The third-order valence-electron chi connectivity index (χ3n) is 3.87. The van der Waals surface area contributed by atoms with Gasteiger partial charge in [0.15, 0.2) is 5.69 Å². The average Bonchev–Trinajstić information content (AvgIpc) is 2.98. The molecule has 2 aromatic heterocycles. The van der Waals surface area contributed by atoms with Gasteiger partial charge >= 0.3 is 0 Å². The van der Waals surface area contributed by atoms with Crippen LogP contribution in [0.5, 0.6) is 5.75 Å². The highest BCUT2D eigenvalue weighted by Crippen LogP contribution is 2.39. The first-order valence-electron chi connectivity index (χ1n) is 6.79. The Kier molecular flexibility index (Phi) is 3.40. The van der Waals surface area contributed by atoms with E-state index in [0.29, 0.717) is 11.5 Å². The smallest absolute Gasteiger partial charge is 0.280 e. The summed E-state index contributed by atoms with van der Waals surface area (Å²) in [5, 5.41) is 13.8. The second-order valence-corrected chi connectivity index (χ2v) is 5.05. The van der Waals surface area contributed by atoms with E-state index in [9.17, 15) is 5.11 Å². The number of hydrogen-bond donors (Lipinski definition) is 1. The number of methoxy groups -OCH3 is 1. The Balaban J connectivity index is 1.95. The van der Waals surface area contributed by atoms with Crippen molar-refractivity contribution in [3.8, 4) is 17.3 Å². The maximum atomic E-state index is 9.78. The summed E-state index contributed by atoms with van der Waals surface area (Å²) in [6.07, 6.45) is 6.73. The number of aromatic hydroxyl groups is 1. The first kappa shape index (κ1) is 13.1. The minimum atomic E-state index is -0.468. The maximum absolute atomic E-state index is 9.78. The van der Waals surface area contributed by atoms with Gasteiger partial charge in [0.2, 0.25) is 5.82 Å². The molecule has 0 saturated heterocycles. The van der Waals surface area contributed by atoms with Crippen LogP contribution in [-0.4, -0.2) is 27.3 Å². The molecule has 0 atom stereocenters. The van der Waals surface area contributed by atoms with Gasteiger partial charge in [-0.1, -0.05) is 24.4 Å². The lowest BCUT2D eigenvalue weighted by Crippen LogP contribution is -2.32. The molecular weight excluding hydrogens is 258 g/mol. The quantitative estimate of drug-likeness (QED) is 0.927. The predicted molar refractivity (Wildman–Crippen MR) is 71.0 cm³/mol. The van der Waals surface area contributed by atoms with Crippen LogP contribution in [0.1, 0.15) is 37.9 Å². The topological polar surface area (TPSA) is 81.3 Å². The summed E-state index contributed by atoms with van der Waals surface area (Å²) < 4.78 is 10.9. The van der Waals surface area contributed by atoms with Crippen LogP contribution in [0, 0.1) is 0 Å². The molecule has 0 amide bonds. The van der Waals surface area contributed by atoms with Crippen LogP contribution in [0.15, 0.2) is 22.9 Å². The van der Waals surface area contributed by atoms with Crippen LogP contribution in [0.25, 0.3) is 11.6 Å². The monoisotopic (exact) mass is 275 g/mol. The molecule has 6 heteroatoms. The van der Waals surface area contributed by atoms with Gasteiger partial charge in [-0.2, -0.15) is 4.98 Å². The second kappa shape index (κ2) is 5.20. The Morgan fingerprint density at radius 1 is 1.30 bits per heavy atom. The molecule has 6 nitrogen and oxygen atoms in total. The van der Waals surface area contributed by atoms with E-state index in [1.807, 2.05) is 0 Å². The summed E-state index contributed by atoms with van der Waals surface area (Å²) in [6, 6.07) is 3.19. The van der Waals surface area contributed by atoms with Gasteiger partial charge in [0.05, 0.1) is 0 Å². The van der Waals surface area contributed by atoms with E-state index in [4.69, 9.17) is 9.26 Å². The van der Waals surface area contributed by atoms with E-state index in [-0.39, 0.29) is 11.6 Å². The third-order valence-corrected chi connectivity index (χ3v) is 3.87. The minimum Gasteiger partial charge on any atom is -0.505 e. The van der Waals surface area contributed by atoms with E-state index in [1.165, 1.54) is 6.42 Å². The number of pyridine rings is 1. The fourth-order valence-electron chi connectivity index (χ4n) is 2.71. The molecular formula is C14H17N3O3. The molecule has 3 rings (SSSR count). The van der Waals surface area contributed by atoms with Crippen molar-refractivity contribution in [3.05, 3.63) is 24.2 Å². The lowest BCUT2D eigenvalue weighted by atomic mass is 9.84. The molecule has 1 aliphatic carbocycles. The van der Waals surface area contributed by atoms with Crippen LogP contribution >= 0.6 is 0 Å². The summed E-state index contributed by atoms with van der Waals surface area (Å²) in [4.78, 5) is 8.45. The van der Waals surface area contributed by atoms with Gasteiger partial charge in [0.25, 0.3) is 5.89 Å². The number of hydrogen-bond acceptors (Lipinski definition) is 6. The van der Waals surface area contributed by atoms with Gasteiger partial charge in [0.1, 0.15) is 11.4 Å². The van der Waals surface area contributed by atoms with Crippen molar-refractivity contribution in [2.24, 2.45) is 0 Å². The van der Waals surface area contributed by atoms with Crippen molar-refractivity contribution in [1.82, 2.24) is 15.1 Å². The molecule has 0 spiro atoms. The minimum absolute atomic E-state index is 0.0258. The highest BCUT2D eigenvalue weighted by molar-refractivity contribution is 5.55. The van der Waals surface area contributed by atoms with Gasteiger partial charge in [0, 0.05) is 13.3 Å². The molecule has 2 aromatic rings. The Morgan fingerprint density at radius 3 is 2.80 bits per heavy atom. The molecule has 1 saturated carbocycles. The lowest BCUT2D eigenvalue weighted by molar-refractivity contribution is -0.0527. The van der Waals surface area contributed by atoms with E-state index in [2.05, 4.69) is 15.1 Å². The van der Waals surface area contributed by atoms with Crippen LogP contribution < -0.4 is 0 Å². The fourth-order valence-corrected chi connectivity index (χ4v) is 2.71. The summed E-state index contributed by atoms with van der Waals surface area (Å²) in [7, 11) is 1.68. The second-order valence-electron chi connectivity index (χ2n) is 5.05. The molecule has 0 aliphatic heterocycles. The Hall–Kier alpha value is -1.95. The highest BCUT2D eigenvalue weighted by Gasteiger charge is 2.38. The SMILES string of the molecule is COC1(c2noc(-c3ncccc3O)n2)CCCCC1. The van der Waals surface area contributed by atoms with Crippen LogP contribution in [0.4, 0.5) is 0 Å². The third kappa shape index (κ3) is 2.16. The zero-order valence-corrected chi connectivity index (χ0v) is 11.4. The first-order valence-corrected chi connectivity index (χ1v) is 6.79. The number of nitrogens with zero attached hydrogens (tertiary/aromatic N) is 3. The van der Waals surface area contributed by atoms with Gasteiger partial charge in [-0.3, -0.25) is 0 Å². The Labute approximate surface area is 116 Å². The maximum Gasteiger partial charge on any atom is 0.280 e. The van der Waals surface area contributed by atoms with Gasteiger partial charge in [-0.05, 0) is 25.0 Å². The van der Waals surface area contributed by atoms with Gasteiger partial charge < -0.3 is 14.4 Å². The number of ether oxygens (including phenoxy) is 1. The van der Waals surface area contributed by atoms with Crippen molar-refractivity contribution in [3.63, 3.8) is 0 Å². The molecule has 20 heavy (non-hydrogen) atoms. The molecule has 106 valence electrons. The van der Waals surface area contributed by atoms with Crippen LogP contribution in [-0.2, 0) is 10.3 Å². The molecule has 0 aromatic carbocycles. The van der Waals surface area contributed by atoms with Crippen molar-refractivity contribution >= 4 is 0 Å². The van der Waals surface area contributed by atoms with E-state index < -0.39 is 5.60 Å². The summed E-state index contributed by atoms with van der Waals surface area (Å²) in [5.41, 5.74) is -0.168. The fraction of sp³-hybridized carbons (Fsp3) is 0.500. The van der Waals surface area contributed by atoms with Crippen LogP contribution in [0.3, 0.4) is 0 Å². The molecule has 1 fully saturated rings. The molecule has 1 N–H and O–H groups in total. The summed E-state index contributed by atoms with van der Waals surface area (Å²) in [5.74, 6) is 0.790. The zero-order chi connectivity index (χ0) is 14.0. The van der Waals surface area contributed by atoms with Gasteiger partial charge in [-0.25, -0.2) is 4.98 Å². The average molecular weight is 275 g/mol. The molecule has 0 unspecified atom stereocenters. The molecule has 1 aliphatic rings. The predicted octanol–water partition coefficient (Wildman–Crippen LogP) is 2.64. The Morgan fingerprint density at radius 2 is 2.10 bits per heavy atom. The summed E-state index contributed by atoms with van der Waals surface area (Å²) >= 11 is 0. The van der Waals surface area contributed by atoms with Crippen LogP contribution in [0.2, 0.25) is 0 Å². The standard InChI is InChI=1S/C14H17N3O3/c1-19-14(7-3-2-4-8-14)13-16-12(20-17-13)11-10(18)6-5-9-15-11/h5-6,9,18H,2-4,7-8H2,1H3. The van der Waals surface area contributed by atoms with E-state index in [0.717, 1.165) is 25.7 Å². The van der Waals surface area contributed by atoms with E-state index in [1.54, 1.807) is 25.4 Å². The first-order chi connectivity index (χ1) is 9.75. The Bertz CT molecular complexity index is 591. The van der Waals surface area contributed by atoms with Crippen molar-refractivity contribution < 1.29 is 14.4 Å². The van der Waals surface area contributed by atoms with Crippen molar-refractivity contribution in [2.75, 3.05) is 7.11 Å². The summed E-state index contributed by atoms with van der Waals surface area (Å²) in [6.45, 7) is 0. The molecule has 2 heterocycles. The number of aromatic nitrogens is 3. The highest BCUT2D eigenvalue weighted by atomic mass is 16.5. The largest absolute Gasteiger partial charge is 0.505 e. The molecule has 0 radical (unpaired) electrons. The zero-order valence-electron chi connectivity index (χ0n) is 11.4. The van der Waals surface area contributed by atoms with Crippen molar-refractivity contribution in [2.45, 2.75) is 37.7 Å².